The van der Waals surface area contributed by atoms with Crippen molar-refractivity contribution in [3.63, 3.8) is 0 Å². The van der Waals surface area contributed by atoms with Crippen LogP contribution >= 0.6 is 0 Å². The molecule has 0 saturated carbocycles. The third kappa shape index (κ3) is 5.57. The molecule has 6 nitrogen and oxygen atoms in total. The number of hydrogen-bond donors (Lipinski definition) is 2. The van der Waals surface area contributed by atoms with Crippen LogP contribution in [0.25, 0.3) is 0 Å². The van der Waals surface area contributed by atoms with Gasteiger partial charge in [0.1, 0.15) is 5.54 Å². The Hall–Kier alpha value is -1.14. The van der Waals surface area contributed by atoms with Crippen LogP contribution in [0.1, 0.15) is 33.1 Å². The predicted octanol–water partition coefficient (Wildman–Crippen LogP) is 0.213. The molecule has 0 unspecified atom stereocenters. The fourth-order valence-corrected chi connectivity index (χ4v) is 2.00. The van der Waals surface area contributed by atoms with Gasteiger partial charge in [0.25, 0.3) is 0 Å². The molecule has 110 valence electrons. The van der Waals surface area contributed by atoms with Gasteiger partial charge in [0.05, 0.1) is 19.8 Å². The lowest BCUT2D eigenvalue weighted by Crippen LogP contribution is -2.50. The third-order valence-electron chi connectivity index (χ3n) is 3.12. The van der Waals surface area contributed by atoms with E-state index in [2.05, 4.69) is 15.4 Å². The Balaban J connectivity index is 2.22. The molecule has 1 aliphatic heterocycles. The van der Waals surface area contributed by atoms with Crippen molar-refractivity contribution in [2.75, 3.05) is 26.8 Å². The van der Waals surface area contributed by atoms with Gasteiger partial charge in [0.2, 0.25) is 5.91 Å². The number of piperidine rings is 1. The van der Waals surface area contributed by atoms with E-state index >= 15 is 0 Å². The van der Waals surface area contributed by atoms with Crippen LogP contribution in [0.15, 0.2) is 0 Å². The van der Waals surface area contributed by atoms with Crippen molar-refractivity contribution in [1.82, 2.24) is 10.6 Å². The van der Waals surface area contributed by atoms with E-state index in [0.29, 0.717) is 6.61 Å². The molecule has 0 atom stereocenters. The van der Waals surface area contributed by atoms with Gasteiger partial charge < -0.3 is 20.1 Å². The average Bonchev–Trinajstić information content (AvgIpc) is 2.38. The Labute approximate surface area is 114 Å². The van der Waals surface area contributed by atoms with Gasteiger partial charge in [-0.25, -0.2) is 4.79 Å². The highest BCUT2D eigenvalue weighted by atomic mass is 16.5. The number of ether oxygens (including phenoxy) is 2. The number of carbonyl (C=O) groups is 2. The van der Waals surface area contributed by atoms with Crippen LogP contribution < -0.4 is 10.6 Å². The molecular formula is C13H24N2O4. The first kappa shape index (κ1) is 15.9. The summed E-state index contributed by atoms with van der Waals surface area (Å²) in [5.41, 5.74) is -0.999. The van der Waals surface area contributed by atoms with Crippen LogP contribution in [0.5, 0.6) is 0 Å². The van der Waals surface area contributed by atoms with Gasteiger partial charge in [-0.2, -0.15) is 0 Å². The van der Waals surface area contributed by atoms with Crippen LogP contribution in [0, 0.1) is 0 Å². The summed E-state index contributed by atoms with van der Waals surface area (Å²) in [6.45, 7) is 5.54. The SMILES string of the molecule is COC(=O)C(C)(C)NC(=O)CCOC1CCNCC1. The molecule has 1 amide bonds. The quantitative estimate of drug-likeness (QED) is 0.676. The molecule has 1 heterocycles. The van der Waals surface area contributed by atoms with Crippen molar-refractivity contribution in [2.45, 2.75) is 44.8 Å². The van der Waals surface area contributed by atoms with Crippen LogP contribution in [0.2, 0.25) is 0 Å². The molecule has 0 bridgehead atoms. The average molecular weight is 272 g/mol. The molecule has 1 aliphatic rings. The first-order chi connectivity index (χ1) is 8.95. The third-order valence-corrected chi connectivity index (χ3v) is 3.12. The van der Waals surface area contributed by atoms with Crippen LogP contribution in [-0.2, 0) is 19.1 Å². The summed E-state index contributed by atoms with van der Waals surface area (Å²) in [6.07, 6.45) is 2.46. The summed E-state index contributed by atoms with van der Waals surface area (Å²) in [5.74, 6) is -0.663. The van der Waals surface area contributed by atoms with E-state index in [1.165, 1.54) is 7.11 Å². The van der Waals surface area contributed by atoms with Gasteiger partial charge in [0.15, 0.2) is 0 Å². The van der Waals surface area contributed by atoms with Crippen molar-refractivity contribution in [3.8, 4) is 0 Å². The first-order valence-corrected chi connectivity index (χ1v) is 6.67. The molecule has 0 aromatic rings. The van der Waals surface area contributed by atoms with E-state index in [0.717, 1.165) is 25.9 Å². The molecule has 1 saturated heterocycles. The highest BCUT2D eigenvalue weighted by Crippen LogP contribution is 2.08. The van der Waals surface area contributed by atoms with E-state index in [1.54, 1.807) is 13.8 Å². The smallest absolute Gasteiger partial charge is 0.330 e. The zero-order chi connectivity index (χ0) is 14.3. The number of methoxy groups -OCH3 is 1. The zero-order valence-electron chi connectivity index (χ0n) is 12.0. The van der Waals surface area contributed by atoms with Crippen molar-refractivity contribution in [2.24, 2.45) is 0 Å². The summed E-state index contributed by atoms with van der Waals surface area (Å²) in [5, 5.41) is 5.89. The van der Waals surface area contributed by atoms with Gasteiger partial charge >= 0.3 is 5.97 Å². The van der Waals surface area contributed by atoms with Crippen LogP contribution in [0.4, 0.5) is 0 Å². The van der Waals surface area contributed by atoms with Crippen molar-refractivity contribution in [1.29, 1.82) is 0 Å². The maximum Gasteiger partial charge on any atom is 0.330 e. The van der Waals surface area contributed by atoms with E-state index in [9.17, 15) is 9.59 Å². The van der Waals surface area contributed by atoms with Crippen molar-refractivity contribution >= 4 is 11.9 Å². The summed E-state index contributed by atoms with van der Waals surface area (Å²) < 4.78 is 10.3. The number of carbonyl (C=O) groups excluding carboxylic acids is 2. The summed E-state index contributed by atoms with van der Waals surface area (Å²) in [7, 11) is 1.30. The minimum Gasteiger partial charge on any atom is -0.467 e. The standard InChI is InChI=1S/C13H24N2O4/c1-13(2,12(17)18-3)15-11(16)6-9-19-10-4-7-14-8-5-10/h10,14H,4-9H2,1-3H3,(H,15,16). The molecule has 6 heteroatoms. The Morgan fingerprint density at radius 3 is 2.53 bits per heavy atom. The number of nitrogens with one attached hydrogen (secondary N) is 2. The Kier molecular flexibility index (Phi) is 6.24. The normalized spacial score (nSPS) is 17.0. The van der Waals surface area contributed by atoms with E-state index in [4.69, 9.17) is 4.74 Å². The second-order valence-corrected chi connectivity index (χ2v) is 5.23. The molecular weight excluding hydrogens is 248 g/mol. The van der Waals surface area contributed by atoms with Gasteiger partial charge in [-0.1, -0.05) is 0 Å². The largest absolute Gasteiger partial charge is 0.467 e. The van der Waals surface area contributed by atoms with E-state index < -0.39 is 11.5 Å². The maximum absolute atomic E-state index is 11.7. The molecule has 1 fully saturated rings. The molecule has 2 N–H and O–H groups in total. The Morgan fingerprint density at radius 1 is 1.32 bits per heavy atom. The second kappa shape index (κ2) is 7.45. The molecule has 19 heavy (non-hydrogen) atoms. The number of esters is 1. The van der Waals surface area contributed by atoms with Gasteiger partial charge in [0, 0.05) is 6.42 Å². The second-order valence-electron chi connectivity index (χ2n) is 5.23. The van der Waals surface area contributed by atoms with Gasteiger partial charge in [-0.3, -0.25) is 4.79 Å². The number of rotatable bonds is 6. The summed E-state index contributed by atoms with van der Waals surface area (Å²) >= 11 is 0. The van der Waals surface area contributed by atoms with Crippen molar-refractivity contribution < 1.29 is 19.1 Å². The van der Waals surface area contributed by atoms with Gasteiger partial charge in [-0.05, 0) is 39.8 Å². The predicted molar refractivity (Wildman–Crippen MR) is 70.7 cm³/mol. The molecule has 0 aromatic heterocycles. The molecule has 0 radical (unpaired) electrons. The van der Waals surface area contributed by atoms with Crippen molar-refractivity contribution in [3.05, 3.63) is 0 Å². The van der Waals surface area contributed by atoms with Gasteiger partial charge in [-0.15, -0.1) is 0 Å². The fraction of sp³-hybridized carbons (Fsp3) is 0.846. The molecule has 0 spiro atoms. The number of hydrogen-bond acceptors (Lipinski definition) is 5. The topological polar surface area (TPSA) is 76.7 Å². The lowest BCUT2D eigenvalue weighted by Gasteiger charge is -2.24. The van der Waals surface area contributed by atoms with Crippen LogP contribution in [-0.4, -0.2) is 50.3 Å². The van der Waals surface area contributed by atoms with E-state index in [1.807, 2.05) is 0 Å². The minimum absolute atomic E-state index is 0.204. The first-order valence-electron chi connectivity index (χ1n) is 6.67. The minimum atomic E-state index is -0.999. The zero-order valence-corrected chi connectivity index (χ0v) is 12.0. The monoisotopic (exact) mass is 272 g/mol. The number of amides is 1. The van der Waals surface area contributed by atoms with E-state index in [-0.39, 0.29) is 18.4 Å². The van der Waals surface area contributed by atoms with Crippen LogP contribution in [0.3, 0.4) is 0 Å². The lowest BCUT2D eigenvalue weighted by atomic mass is 10.1. The Morgan fingerprint density at radius 2 is 1.95 bits per heavy atom. The maximum atomic E-state index is 11.7. The molecule has 0 aromatic carbocycles. The summed E-state index contributed by atoms with van der Waals surface area (Å²) in [4.78, 5) is 23.1. The summed E-state index contributed by atoms with van der Waals surface area (Å²) in [6, 6.07) is 0. The molecule has 0 aliphatic carbocycles. The Bertz CT molecular complexity index is 312. The molecule has 1 rings (SSSR count). The fourth-order valence-electron chi connectivity index (χ4n) is 2.00. The lowest BCUT2D eigenvalue weighted by molar-refractivity contribution is -0.149. The highest BCUT2D eigenvalue weighted by Gasteiger charge is 2.30. The highest BCUT2D eigenvalue weighted by molar-refractivity contribution is 5.87.